The lowest BCUT2D eigenvalue weighted by molar-refractivity contribution is -0.116. The number of nitrogens with zero attached hydrogens (tertiary/aromatic N) is 1. The van der Waals surface area contributed by atoms with Gasteiger partial charge in [-0.2, -0.15) is 0 Å². The number of fused-ring (bicyclic) bond motifs is 1. The lowest BCUT2D eigenvalue weighted by Gasteiger charge is -2.09. The van der Waals surface area contributed by atoms with Crippen LogP contribution in [0.5, 0.6) is 5.75 Å². The van der Waals surface area contributed by atoms with E-state index in [1.165, 1.54) is 11.3 Å². The van der Waals surface area contributed by atoms with E-state index in [0.717, 1.165) is 21.5 Å². The Bertz CT molecular complexity index is 911. The van der Waals surface area contributed by atoms with Gasteiger partial charge in [0.05, 0.1) is 16.8 Å². The molecule has 2 aromatic carbocycles. The Hall–Kier alpha value is -1.82. The Morgan fingerprint density at radius 3 is 2.76 bits per heavy atom. The normalized spacial score (nSPS) is 10.8. The predicted octanol–water partition coefficient (Wildman–Crippen LogP) is 5.71. The van der Waals surface area contributed by atoms with E-state index >= 15 is 0 Å². The van der Waals surface area contributed by atoms with Crippen LogP contribution in [0.25, 0.3) is 10.2 Å². The SMILES string of the molecule is Cc1cc(Cl)ccc1OCCCC(=O)Nc1nc2ccc(Cl)cc2s1. The van der Waals surface area contributed by atoms with Crippen molar-refractivity contribution in [2.75, 3.05) is 11.9 Å². The van der Waals surface area contributed by atoms with Crippen LogP contribution >= 0.6 is 34.5 Å². The number of hydrogen-bond acceptors (Lipinski definition) is 4. The molecule has 0 aliphatic heterocycles. The molecular weight excluding hydrogens is 379 g/mol. The van der Waals surface area contributed by atoms with Gasteiger partial charge in [-0.1, -0.05) is 34.5 Å². The topological polar surface area (TPSA) is 51.2 Å². The van der Waals surface area contributed by atoms with Crippen molar-refractivity contribution >= 4 is 55.8 Å². The van der Waals surface area contributed by atoms with E-state index in [4.69, 9.17) is 27.9 Å². The number of anilines is 1. The molecule has 0 unspecified atom stereocenters. The summed E-state index contributed by atoms with van der Waals surface area (Å²) in [7, 11) is 0. The highest BCUT2D eigenvalue weighted by atomic mass is 35.5. The van der Waals surface area contributed by atoms with Crippen molar-refractivity contribution in [3.8, 4) is 5.75 Å². The maximum absolute atomic E-state index is 12.0. The lowest BCUT2D eigenvalue weighted by Crippen LogP contribution is -2.12. The molecule has 0 aliphatic rings. The summed E-state index contributed by atoms with van der Waals surface area (Å²) in [6, 6.07) is 10.9. The molecule has 0 atom stereocenters. The molecule has 0 saturated carbocycles. The van der Waals surface area contributed by atoms with Crippen LogP contribution in [0.3, 0.4) is 0 Å². The molecule has 0 saturated heterocycles. The molecule has 1 aromatic heterocycles. The average molecular weight is 395 g/mol. The number of aryl methyl sites for hydroxylation is 1. The van der Waals surface area contributed by atoms with Gasteiger partial charge in [0.15, 0.2) is 5.13 Å². The average Bonchev–Trinajstić information content (AvgIpc) is 2.94. The van der Waals surface area contributed by atoms with Crippen LogP contribution in [0.1, 0.15) is 18.4 Å². The van der Waals surface area contributed by atoms with Crippen LogP contribution in [0.4, 0.5) is 5.13 Å². The Balaban J connectivity index is 1.47. The smallest absolute Gasteiger partial charge is 0.226 e. The number of amides is 1. The second-order valence-electron chi connectivity index (χ2n) is 5.54. The van der Waals surface area contributed by atoms with Gasteiger partial charge >= 0.3 is 0 Å². The van der Waals surface area contributed by atoms with Crippen molar-refractivity contribution < 1.29 is 9.53 Å². The third-order valence-corrected chi connectivity index (χ3v) is 4.94. The van der Waals surface area contributed by atoms with E-state index in [-0.39, 0.29) is 5.91 Å². The van der Waals surface area contributed by atoms with Crippen molar-refractivity contribution in [3.05, 3.63) is 52.0 Å². The Kier molecular flexibility index (Phi) is 5.78. The molecular formula is C18H16Cl2N2O2S. The van der Waals surface area contributed by atoms with Gasteiger partial charge in [0.25, 0.3) is 0 Å². The van der Waals surface area contributed by atoms with E-state index in [2.05, 4.69) is 10.3 Å². The van der Waals surface area contributed by atoms with Gasteiger partial charge in [0.1, 0.15) is 5.75 Å². The fourth-order valence-electron chi connectivity index (χ4n) is 2.32. The van der Waals surface area contributed by atoms with Crippen LogP contribution < -0.4 is 10.1 Å². The first-order valence-corrected chi connectivity index (χ1v) is 9.33. The summed E-state index contributed by atoms with van der Waals surface area (Å²) in [5.74, 6) is 0.703. The number of aromatic nitrogens is 1. The summed E-state index contributed by atoms with van der Waals surface area (Å²) < 4.78 is 6.64. The molecule has 0 fully saturated rings. The van der Waals surface area contributed by atoms with Gasteiger partial charge in [-0.15, -0.1) is 0 Å². The Morgan fingerprint density at radius 2 is 1.96 bits per heavy atom. The summed E-state index contributed by atoms with van der Waals surface area (Å²) in [4.78, 5) is 16.4. The number of hydrogen-bond donors (Lipinski definition) is 1. The zero-order valence-corrected chi connectivity index (χ0v) is 15.8. The lowest BCUT2D eigenvalue weighted by atomic mass is 10.2. The van der Waals surface area contributed by atoms with Gasteiger partial charge in [-0.25, -0.2) is 4.98 Å². The predicted molar refractivity (Wildman–Crippen MR) is 104 cm³/mol. The number of nitrogens with one attached hydrogen (secondary N) is 1. The molecule has 3 rings (SSSR count). The minimum absolute atomic E-state index is 0.0819. The minimum atomic E-state index is -0.0819. The van der Waals surface area contributed by atoms with Gasteiger partial charge in [0, 0.05) is 16.5 Å². The first-order valence-electron chi connectivity index (χ1n) is 7.76. The maximum atomic E-state index is 12.0. The van der Waals surface area contributed by atoms with Crippen LogP contribution in [0, 0.1) is 6.92 Å². The largest absolute Gasteiger partial charge is 0.493 e. The van der Waals surface area contributed by atoms with E-state index in [9.17, 15) is 4.79 Å². The second kappa shape index (κ2) is 8.04. The first kappa shape index (κ1) is 18.0. The number of rotatable bonds is 6. The summed E-state index contributed by atoms with van der Waals surface area (Å²) in [6.45, 7) is 2.40. The fourth-order valence-corrected chi connectivity index (χ4v) is 3.71. The van der Waals surface area contributed by atoms with E-state index in [1.54, 1.807) is 12.1 Å². The summed E-state index contributed by atoms with van der Waals surface area (Å²) in [5.41, 5.74) is 1.80. The summed E-state index contributed by atoms with van der Waals surface area (Å²) in [6.07, 6.45) is 0.980. The minimum Gasteiger partial charge on any atom is -0.493 e. The zero-order chi connectivity index (χ0) is 17.8. The first-order chi connectivity index (χ1) is 12.0. The van der Waals surface area contributed by atoms with Crippen LogP contribution in [0.15, 0.2) is 36.4 Å². The molecule has 3 aromatic rings. The molecule has 0 bridgehead atoms. The van der Waals surface area contributed by atoms with Gasteiger partial charge in [0.2, 0.25) is 5.91 Å². The van der Waals surface area contributed by atoms with E-state index in [0.29, 0.717) is 34.6 Å². The Labute approximate surface area is 159 Å². The summed E-state index contributed by atoms with van der Waals surface area (Å²) in [5, 5.41) is 4.74. The van der Waals surface area contributed by atoms with Crippen molar-refractivity contribution in [2.45, 2.75) is 19.8 Å². The van der Waals surface area contributed by atoms with Gasteiger partial charge < -0.3 is 10.1 Å². The number of carbonyl (C=O) groups excluding carboxylic acids is 1. The number of halogens is 2. The monoisotopic (exact) mass is 394 g/mol. The number of ether oxygens (including phenoxy) is 1. The van der Waals surface area contributed by atoms with Crippen LogP contribution in [0.2, 0.25) is 10.0 Å². The Morgan fingerprint density at radius 1 is 1.20 bits per heavy atom. The maximum Gasteiger partial charge on any atom is 0.226 e. The van der Waals surface area contributed by atoms with Gasteiger partial charge in [-0.3, -0.25) is 4.79 Å². The molecule has 1 heterocycles. The number of carbonyl (C=O) groups is 1. The van der Waals surface area contributed by atoms with Gasteiger partial charge in [-0.05, 0) is 55.3 Å². The molecule has 0 radical (unpaired) electrons. The van der Waals surface area contributed by atoms with Crippen molar-refractivity contribution in [2.24, 2.45) is 0 Å². The van der Waals surface area contributed by atoms with Crippen molar-refractivity contribution in [1.29, 1.82) is 0 Å². The molecule has 0 spiro atoms. The zero-order valence-electron chi connectivity index (χ0n) is 13.5. The molecule has 1 amide bonds. The fraction of sp³-hybridized carbons (Fsp3) is 0.222. The van der Waals surface area contributed by atoms with Crippen molar-refractivity contribution in [1.82, 2.24) is 4.98 Å². The quantitative estimate of drug-likeness (QED) is 0.544. The van der Waals surface area contributed by atoms with Crippen LogP contribution in [-0.2, 0) is 4.79 Å². The summed E-state index contributed by atoms with van der Waals surface area (Å²) >= 11 is 13.3. The highest BCUT2D eigenvalue weighted by Crippen LogP contribution is 2.28. The van der Waals surface area contributed by atoms with Crippen LogP contribution in [-0.4, -0.2) is 17.5 Å². The van der Waals surface area contributed by atoms with E-state index < -0.39 is 0 Å². The third-order valence-electron chi connectivity index (χ3n) is 3.54. The molecule has 7 heteroatoms. The third kappa shape index (κ3) is 4.84. The number of thiazole rings is 1. The molecule has 25 heavy (non-hydrogen) atoms. The molecule has 1 N–H and O–H groups in total. The molecule has 130 valence electrons. The molecule has 0 aliphatic carbocycles. The highest BCUT2D eigenvalue weighted by molar-refractivity contribution is 7.22. The standard InChI is InChI=1S/C18H16Cl2N2O2S/c1-11-9-12(19)5-7-15(11)24-8-2-3-17(23)22-18-21-14-6-4-13(20)10-16(14)25-18/h4-7,9-10H,2-3,8H2,1H3,(H,21,22,23). The van der Waals surface area contributed by atoms with Crippen molar-refractivity contribution in [3.63, 3.8) is 0 Å². The highest BCUT2D eigenvalue weighted by Gasteiger charge is 2.08. The second-order valence-corrected chi connectivity index (χ2v) is 7.44. The van der Waals surface area contributed by atoms with E-state index in [1.807, 2.05) is 31.2 Å². The number of benzene rings is 2. The molecule has 4 nitrogen and oxygen atoms in total.